The van der Waals surface area contributed by atoms with Crippen LogP contribution in [-0.4, -0.2) is 31.8 Å². The highest BCUT2D eigenvalue weighted by Gasteiger charge is 2.03. The molecule has 0 spiro atoms. The van der Waals surface area contributed by atoms with Crippen LogP contribution in [-0.2, 0) is 16.0 Å². The smallest absolute Gasteiger partial charge is 0.269 e. The molecule has 6 heteroatoms. The summed E-state index contributed by atoms with van der Waals surface area (Å²) in [6, 6.07) is 6.49. The minimum atomic E-state index is -0.407. The predicted octanol–water partition coefficient (Wildman–Crippen LogP) is 1.30. The minimum Gasteiger partial charge on any atom is -0.382 e. The first-order valence-corrected chi connectivity index (χ1v) is 5.31. The van der Waals surface area contributed by atoms with Gasteiger partial charge in [0.1, 0.15) is 0 Å². The lowest BCUT2D eigenvalue weighted by molar-refractivity contribution is -0.384. The van der Waals surface area contributed by atoms with E-state index < -0.39 is 4.92 Å². The first-order chi connectivity index (χ1) is 8.24. The fourth-order valence-electron chi connectivity index (χ4n) is 1.25. The number of hydrogen-bond donors (Lipinski definition) is 1. The van der Waals surface area contributed by atoms with Crippen LogP contribution in [0.4, 0.5) is 5.69 Å². The van der Waals surface area contributed by atoms with Crippen molar-refractivity contribution in [1.82, 2.24) is 5.48 Å². The second-order valence-electron chi connectivity index (χ2n) is 3.41. The molecule has 0 fully saturated rings. The molecule has 0 saturated heterocycles. The van der Waals surface area contributed by atoms with Gasteiger partial charge in [-0.1, -0.05) is 12.1 Å². The molecule has 0 aromatic heterocycles. The van der Waals surface area contributed by atoms with E-state index in [1.165, 1.54) is 12.1 Å². The lowest BCUT2D eigenvalue weighted by Crippen LogP contribution is -2.20. The summed E-state index contributed by atoms with van der Waals surface area (Å²) in [5, 5.41) is 10.4. The van der Waals surface area contributed by atoms with Gasteiger partial charge in [0.25, 0.3) is 5.69 Å². The topological polar surface area (TPSA) is 73.6 Å². The number of benzene rings is 1. The van der Waals surface area contributed by atoms with Crippen molar-refractivity contribution < 1.29 is 14.5 Å². The second kappa shape index (κ2) is 7.72. The zero-order valence-corrected chi connectivity index (χ0v) is 9.72. The van der Waals surface area contributed by atoms with Gasteiger partial charge in [0.2, 0.25) is 0 Å². The maximum atomic E-state index is 10.4. The van der Waals surface area contributed by atoms with E-state index in [1.807, 2.05) is 0 Å². The Labute approximate surface area is 99.6 Å². The second-order valence-corrected chi connectivity index (χ2v) is 3.41. The quantitative estimate of drug-likeness (QED) is 0.421. The summed E-state index contributed by atoms with van der Waals surface area (Å²) < 4.78 is 4.81. The van der Waals surface area contributed by atoms with Gasteiger partial charge in [-0.25, -0.2) is 5.48 Å². The van der Waals surface area contributed by atoms with E-state index in [0.29, 0.717) is 19.8 Å². The summed E-state index contributed by atoms with van der Waals surface area (Å²) in [4.78, 5) is 15.1. The summed E-state index contributed by atoms with van der Waals surface area (Å²) >= 11 is 0. The maximum Gasteiger partial charge on any atom is 0.269 e. The molecular formula is C11H16N2O4. The average Bonchev–Trinajstić information content (AvgIpc) is 2.34. The van der Waals surface area contributed by atoms with Crippen molar-refractivity contribution in [1.29, 1.82) is 0 Å². The number of nitrogens with one attached hydrogen (secondary N) is 1. The van der Waals surface area contributed by atoms with Crippen LogP contribution < -0.4 is 5.48 Å². The molecule has 6 nitrogen and oxygen atoms in total. The molecule has 0 atom stereocenters. The van der Waals surface area contributed by atoms with Crippen molar-refractivity contribution >= 4 is 5.69 Å². The Bertz CT molecular complexity index is 340. The lowest BCUT2D eigenvalue weighted by atomic mass is 10.1. The molecule has 0 bridgehead atoms. The van der Waals surface area contributed by atoms with Gasteiger partial charge in [-0.2, -0.15) is 0 Å². The third kappa shape index (κ3) is 5.39. The highest BCUT2D eigenvalue weighted by molar-refractivity contribution is 5.32. The van der Waals surface area contributed by atoms with E-state index in [9.17, 15) is 10.1 Å². The molecule has 0 heterocycles. The third-order valence-corrected chi connectivity index (χ3v) is 2.15. The van der Waals surface area contributed by atoms with Crippen LogP contribution in [0, 0.1) is 10.1 Å². The third-order valence-electron chi connectivity index (χ3n) is 2.15. The van der Waals surface area contributed by atoms with Crippen LogP contribution >= 0.6 is 0 Å². The van der Waals surface area contributed by atoms with Crippen LogP contribution in [0.25, 0.3) is 0 Å². The van der Waals surface area contributed by atoms with Crippen molar-refractivity contribution in [2.75, 3.05) is 26.9 Å². The van der Waals surface area contributed by atoms with E-state index in [1.54, 1.807) is 19.2 Å². The molecule has 1 N–H and O–H groups in total. The van der Waals surface area contributed by atoms with Crippen molar-refractivity contribution in [3.05, 3.63) is 39.9 Å². The Morgan fingerprint density at radius 1 is 1.29 bits per heavy atom. The summed E-state index contributed by atoms with van der Waals surface area (Å²) in [5.74, 6) is 0. The number of nitrogens with zero attached hydrogens (tertiary/aromatic N) is 1. The molecule has 0 saturated carbocycles. The van der Waals surface area contributed by atoms with Gasteiger partial charge in [0, 0.05) is 25.8 Å². The number of methoxy groups -OCH3 is 1. The minimum absolute atomic E-state index is 0.109. The van der Waals surface area contributed by atoms with Crippen LogP contribution in [0.3, 0.4) is 0 Å². The molecule has 0 amide bonds. The largest absolute Gasteiger partial charge is 0.382 e. The molecule has 0 radical (unpaired) electrons. The van der Waals surface area contributed by atoms with Crippen molar-refractivity contribution in [3.8, 4) is 0 Å². The van der Waals surface area contributed by atoms with Gasteiger partial charge >= 0.3 is 0 Å². The Morgan fingerprint density at radius 2 is 2.00 bits per heavy atom. The van der Waals surface area contributed by atoms with E-state index in [2.05, 4.69) is 5.48 Å². The average molecular weight is 240 g/mol. The zero-order valence-electron chi connectivity index (χ0n) is 9.72. The number of rotatable bonds is 8. The highest BCUT2D eigenvalue weighted by Crippen LogP contribution is 2.11. The molecule has 1 aromatic carbocycles. The summed E-state index contributed by atoms with van der Waals surface area (Å²) in [7, 11) is 1.61. The van der Waals surface area contributed by atoms with E-state index in [4.69, 9.17) is 9.57 Å². The van der Waals surface area contributed by atoms with Gasteiger partial charge < -0.3 is 4.74 Å². The van der Waals surface area contributed by atoms with Crippen LogP contribution in [0.2, 0.25) is 0 Å². The van der Waals surface area contributed by atoms with Crippen LogP contribution in [0.15, 0.2) is 24.3 Å². The number of nitro groups is 1. The lowest BCUT2D eigenvalue weighted by Gasteiger charge is -2.05. The van der Waals surface area contributed by atoms with E-state index in [-0.39, 0.29) is 5.69 Å². The fraction of sp³-hybridized carbons (Fsp3) is 0.455. The predicted molar refractivity (Wildman–Crippen MR) is 62.6 cm³/mol. The van der Waals surface area contributed by atoms with Crippen LogP contribution in [0.5, 0.6) is 0 Å². The molecule has 0 aliphatic rings. The molecular weight excluding hydrogens is 224 g/mol. The van der Waals surface area contributed by atoms with E-state index in [0.717, 1.165) is 12.0 Å². The summed E-state index contributed by atoms with van der Waals surface area (Å²) in [5.41, 5.74) is 3.93. The van der Waals surface area contributed by atoms with Crippen molar-refractivity contribution in [3.63, 3.8) is 0 Å². The van der Waals surface area contributed by atoms with Gasteiger partial charge in [-0.05, 0) is 12.0 Å². The number of nitro benzene ring substituents is 1. The van der Waals surface area contributed by atoms with Gasteiger partial charge in [0.15, 0.2) is 0 Å². The number of hydroxylamine groups is 1. The van der Waals surface area contributed by atoms with Crippen molar-refractivity contribution in [2.45, 2.75) is 6.42 Å². The normalized spacial score (nSPS) is 10.4. The Morgan fingerprint density at radius 3 is 2.59 bits per heavy atom. The first-order valence-electron chi connectivity index (χ1n) is 5.31. The molecule has 0 aliphatic carbocycles. The Balaban J connectivity index is 2.21. The maximum absolute atomic E-state index is 10.4. The molecule has 17 heavy (non-hydrogen) atoms. The zero-order chi connectivity index (χ0) is 12.5. The molecule has 1 aromatic rings. The molecule has 0 unspecified atom stereocenters. The Kier molecular flexibility index (Phi) is 6.16. The van der Waals surface area contributed by atoms with Gasteiger partial charge in [-0.15, -0.1) is 0 Å². The van der Waals surface area contributed by atoms with Crippen molar-refractivity contribution in [2.24, 2.45) is 0 Å². The molecule has 1 rings (SSSR count). The number of hydrogen-bond acceptors (Lipinski definition) is 5. The SMILES string of the molecule is COCCONCCc1ccc([N+](=O)[O-])cc1. The summed E-state index contributed by atoms with van der Waals surface area (Å²) in [6.07, 6.45) is 0.755. The number of non-ortho nitro benzene ring substituents is 1. The first kappa shape index (κ1) is 13.6. The standard InChI is InChI=1S/C11H16N2O4/c1-16-8-9-17-12-7-6-10-2-4-11(5-3-10)13(14)15/h2-5,12H,6-9H2,1H3. The molecule has 0 aliphatic heterocycles. The highest BCUT2D eigenvalue weighted by atomic mass is 16.7. The van der Waals surface area contributed by atoms with Crippen LogP contribution in [0.1, 0.15) is 5.56 Å². The molecule has 94 valence electrons. The van der Waals surface area contributed by atoms with Gasteiger partial charge in [0.05, 0.1) is 18.1 Å². The van der Waals surface area contributed by atoms with Gasteiger partial charge in [-0.3, -0.25) is 15.0 Å². The Hall–Kier alpha value is -1.50. The van der Waals surface area contributed by atoms with E-state index >= 15 is 0 Å². The number of ether oxygens (including phenoxy) is 1. The monoisotopic (exact) mass is 240 g/mol. The fourth-order valence-corrected chi connectivity index (χ4v) is 1.25. The summed E-state index contributed by atoms with van der Waals surface area (Å²) in [6.45, 7) is 1.70.